The number of nitrogens with two attached hydrogens (primary N) is 2. The molecule has 0 aromatic heterocycles. The predicted molar refractivity (Wildman–Crippen MR) is 44.3 cm³/mol. The zero-order chi connectivity index (χ0) is 8.97. The zero-order valence-corrected chi connectivity index (χ0v) is 6.95. The first-order chi connectivity index (χ1) is 5.75. The lowest BCUT2D eigenvalue weighted by Crippen LogP contribution is -2.42. The summed E-state index contributed by atoms with van der Waals surface area (Å²) < 4.78 is 5.05. The highest BCUT2D eigenvalue weighted by Crippen LogP contribution is 2.10. The number of nitrogens with one attached hydrogen (secondary N) is 1. The van der Waals surface area contributed by atoms with Crippen LogP contribution in [0.25, 0.3) is 0 Å². The molecule has 2 unspecified atom stereocenters. The molecule has 0 aliphatic carbocycles. The standard InChI is InChI=1S/C7H15N3O2/c8-1-2-10-7(11)5-3-12-4-6(5)9/h5-6H,1-4,8-9H2,(H,10,11). The molecule has 0 aromatic rings. The largest absolute Gasteiger partial charge is 0.379 e. The molecule has 0 spiro atoms. The zero-order valence-electron chi connectivity index (χ0n) is 6.95. The van der Waals surface area contributed by atoms with Crippen LogP contribution in [0.2, 0.25) is 0 Å². The third-order valence-corrected chi connectivity index (χ3v) is 1.90. The molecular formula is C7H15N3O2. The number of carbonyl (C=O) groups is 1. The number of hydrogen-bond donors (Lipinski definition) is 3. The smallest absolute Gasteiger partial charge is 0.227 e. The van der Waals surface area contributed by atoms with Gasteiger partial charge in [-0.05, 0) is 0 Å². The van der Waals surface area contributed by atoms with E-state index in [0.29, 0.717) is 26.3 Å². The average Bonchev–Trinajstić information content (AvgIpc) is 2.47. The van der Waals surface area contributed by atoms with Gasteiger partial charge < -0.3 is 21.5 Å². The van der Waals surface area contributed by atoms with Crippen LogP contribution in [0.3, 0.4) is 0 Å². The molecule has 1 aliphatic rings. The third-order valence-electron chi connectivity index (χ3n) is 1.90. The van der Waals surface area contributed by atoms with E-state index in [0.717, 1.165) is 0 Å². The molecule has 12 heavy (non-hydrogen) atoms. The number of hydrogen-bond acceptors (Lipinski definition) is 4. The van der Waals surface area contributed by atoms with Gasteiger partial charge in [0.15, 0.2) is 0 Å². The highest BCUT2D eigenvalue weighted by molar-refractivity contribution is 5.79. The monoisotopic (exact) mass is 173 g/mol. The quantitative estimate of drug-likeness (QED) is 0.462. The fourth-order valence-corrected chi connectivity index (χ4v) is 1.17. The van der Waals surface area contributed by atoms with Crippen LogP contribution in [-0.4, -0.2) is 38.3 Å². The van der Waals surface area contributed by atoms with Crippen molar-refractivity contribution in [2.24, 2.45) is 17.4 Å². The van der Waals surface area contributed by atoms with E-state index in [1.807, 2.05) is 0 Å². The van der Waals surface area contributed by atoms with Gasteiger partial charge in [-0.15, -0.1) is 0 Å². The maximum atomic E-state index is 11.3. The topological polar surface area (TPSA) is 90.4 Å². The summed E-state index contributed by atoms with van der Waals surface area (Å²) in [7, 11) is 0. The summed E-state index contributed by atoms with van der Waals surface area (Å²) in [5.74, 6) is -0.248. The Bertz CT molecular complexity index is 163. The Morgan fingerprint density at radius 1 is 1.58 bits per heavy atom. The number of ether oxygens (including phenoxy) is 1. The summed E-state index contributed by atoms with van der Waals surface area (Å²) in [6, 6.07) is -0.164. The molecule has 0 saturated carbocycles. The summed E-state index contributed by atoms with van der Waals surface area (Å²) in [6.07, 6.45) is 0. The molecule has 5 nitrogen and oxygen atoms in total. The lowest BCUT2D eigenvalue weighted by molar-refractivity contribution is -0.125. The van der Waals surface area contributed by atoms with Gasteiger partial charge in [-0.25, -0.2) is 0 Å². The van der Waals surface area contributed by atoms with E-state index >= 15 is 0 Å². The Kier molecular flexibility index (Phi) is 3.46. The first-order valence-corrected chi connectivity index (χ1v) is 4.07. The van der Waals surface area contributed by atoms with Crippen molar-refractivity contribution in [2.75, 3.05) is 26.3 Å². The lowest BCUT2D eigenvalue weighted by atomic mass is 10.0. The van der Waals surface area contributed by atoms with Gasteiger partial charge in [-0.3, -0.25) is 4.79 Å². The molecule has 1 rings (SSSR count). The summed E-state index contributed by atoms with van der Waals surface area (Å²) in [4.78, 5) is 11.3. The van der Waals surface area contributed by atoms with E-state index in [1.165, 1.54) is 0 Å². The molecule has 0 bridgehead atoms. The molecule has 5 N–H and O–H groups in total. The summed E-state index contributed by atoms with van der Waals surface area (Å²) in [5.41, 5.74) is 10.9. The van der Waals surface area contributed by atoms with Crippen LogP contribution < -0.4 is 16.8 Å². The normalized spacial score (nSPS) is 28.8. The minimum Gasteiger partial charge on any atom is -0.379 e. The number of amides is 1. The third kappa shape index (κ3) is 2.17. The molecule has 2 atom stereocenters. The second kappa shape index (κ2) is 4.39. The molecular weight excluding hydrogens is 158 g/mol. The van der Waals surface area contributed by atoms with Crippen LogP contribution in [0.15, 0.2) is 0 Å². The van der Waals surface area contributed by atoms with Crippen LogP contribution in [0.1, 0.15) is 0 Å². The van der Waals surface area contributed by atoms with Crippen molar-refractivity contribution >= 4 is 5.91 Å². The van der Waals surface area contributed by atoms with E-state index in [9.17, 15) is 4.79 Å². The van der Waals surface area contributed by atoms with Crippen LogP contribution in [0, 0.1) is 5.92 Å². The summed E-state index contributed by atoms with van der Waals surface area (Å²) in [6.45, 7) is 1.86. The molecule has 0 aromatic carbocycles. The predicted octanol–water partition coefficient (Wildman–Crippen LogP) is -1.96. The van der Waals surface area contributed by atoms with E-state index < -0.39 is 0 Å². The first kappa shape index (κ1) is 9.44. The molecule has 1 fully saturated rings. The maximum Gasteiger partial charge on any atom is 0.227 e. The summed E-state index contributed by atoms with van der Waals surface area (Å²) in [5, 5.41) is 2.68. The molecule has 0 radical (unpaired) electrons. The SMILES string of the molecule is NCCNC(=O)C1COCC1N. The Morgan fingerprint density at radius 2 is 2.33 bits per heavy atom. The van der Waals surface area contributed by atoms with Gasteiger partial charge in [-0.2, -0.15) is 0 Å². The molecule has 70 valence electrons. The Hall–Kier alpha value is -0.650. The second-order valence-electron chi connectivity index (χ2n) is 2.89. The molecule has 1 amide bonds. The van der Waals surface area contributed by atoms with Crippen molar-refractivity contribution in [1.82, 2.24) is 5.32 Å². The molecule has 1 aliphatic heterocycles. The Labute approximate surface area is 71.4 Å². The average molecular weight is 173 g/mol. The minimum atomic E-state index is -0.198. The minimum absolute atomic E-state index is 0.0505. The van der Waals surface area contributed by atoms with Gasteiger partial charge >= 0.3 is 0 Å². The van der Waals surface area contributed by atoms with Crippen LogP contribution in [0.4, 0.5) is 0 Å². The van der Waals surface area contributed by atoms with Crippen molar-refractivity contribution in [1.29, 1.82) is 0 Å². The van der Waals surface area contributed by atoms with E-state index in [1.54, 1.807) is 0 Å². The fraction of sp³-hybridized carbons (Fsp3) is 0.857. The van der Waals surface area contributed by atoms with Crippen molar-refractivity contribution < 1.29 is 9.53 Å². The lowest BCUT2D eigenvalue weighted by Gasteiger charge is -2.12. The van der Waals surface area contributed by atoms with Crippen LogP contribution in [-0.2, 0) is 9.53 Å². The Balaban J connectivity index is 2.30. The summed E-state index contributed by atoms with van der Waals surface area (Å²) >= 11 is 0. The van der Waals surface area contributed by atoms with E-state index in [4.69, 9.17) is 16.2 Å². The molecule has 1 heterocycles. The van der Waals surface area contributed by atoms with Gasteiger partial charge in [0.1, 0.15) is 0 Å². The van der Waals surface area contributed by atoms with Crippen molar-refractivity contribution in [3.8, 4) is 0 Å². The maximum absolute atomic E-state index is 11.3. The number of carbonyl (C=O) groups excluding carboxylic acids is 1. The first-order valence-electron chi connectivity index (χ1n) is 4.07. The number of rotatable bonds is 3. The molecule has 5 heteroatoms. The van der Waals surface area contributed by atoms with Gasteiger partial charge in [0.05, 0.1) is 19.1 Å². The van der Waals surface area contributed by atoms with Gasteiger partial charge in [0.2, 0.25) is 5.91 Å². The highest BCUT2D eigenvalue weighted by atomic mass is 16.5. The van der Waals surface area contributed by atoms with Gasteiger partial charge in [0, 0.05) is 19.1 Å². The van der Waals surface area contributed by atoms with Crippen LogP contribution >= 0.6 is 0 Å². The second-order valence-corrected chi connectivity index (χ2v) is 2.89. The van der Waals surface area contributed by atoms with Gasteiger partial charge in [0.25, 0.3) is 0 Å². The fourth-order valence-electron chi connectivity index (χ4n) is 1.17. The van der Waals surface area contributed by atoms with Crippen molar-refractivity contribution in [2.45, 2.75) is 6.04 Å². The van der Waals surface area contributed by atoms with Gasteiger partial charge in [-0.1, -0.05) is 0 Å². The van der Waals surface area contributed by atoms with E-state index in [2.05, 4.69) is 5.32 Å². The van der Waals surface area contributed by atoms with E-state index in [-0.39, 0.29) is 17.9 Å². The van der Waals surface area contributed by atoms with Crippen LogP contribution in [0.5, 0.6) is 0 Å². The highest BCUT2D eigenvalue weighted by Gasteiger charge is 2.30. The van der Waals surface area contributed by atoms with Crippen molar-refractivity contribution in [3.05, 3.63) is 0 Å². The Morgan fingerprint density at radius 3 is 2.83 bits per heavy atom. The molecule has 1 saturated heterocycles. The van der Waals surface area contributed by atoms with Crippen molar-refractivity contribution in [3.63, 3.8) is 0 Å².